The SMILES string of the molecule is CCC(CN)N1CCN(c2ccc3c4c(cccc24)C(=O)N(CCNC(=O)OC(C)(C)C)C3=O)CC1. The van der Waals surface area contributed by atoms with E-state index in [0.717, 1.165) is 43.7 Å². The average molecular weight is 496 g/mol. The highest BCUT2D eigenvalue weighted by molar-refractivity contribution is 6.26. The number of hydrogen-bond donors (Lipinski definition) is 2. The van der Waals surface area contributed by atoms with Crippen LogP contribution in [0.2, 0.25) is 0 Å². The fourth-order valence-electron chi connectivity index (χ4n) is 5.10. The van der Waals surface area contributed by atoms with Gasteiger partial charge < -0.3 is 20.7 Å². The second kappa shape index (κ2) is 10.4. The molecule has 2 heterocycles. The van der Waals surface area contributed by atoms with Gasteiger partial charge in [0.2, 0.25) is 0 Å². The van der Waals surface area contributed by atoms with Crippen LogP contribution in [0.1, 0.15) is 54.8 Å². The van der Waals surface area contributed by atoms with E-state index >= 15 is 0 Å². The standard InChI is InChI=1S/C27H37N5O4/c1-5-18(17-28)30-13-15-31(16-14-30)22-10-9-21-23-19(22)7-6-8-20(23)24(33)32(25(21)34)12-11-29-26(35)36-27(2,3)4/h6-10,18H,5,11-17,28H2,1-4H3,(H,29,35). The van der Waals surface area contributed by atoms with Gasteiger partial charge in [-0.15, -0.1) is 0 Å². The summed E-state index contributed by atoms with van der Waals surface area (Å²) in [5.41, 5.74) is 7.38. The molecule has 2 aromatic rings. The number of piperazine rings is 1. The summed E-state index contributed by atoms with van der Waals surface area (Å²) in [4.78, 5) is 44.6. The summed E-state index contributed by atoms with van der Waals surface area (Å²) in [6.07, 6.45) is 0.453. The third-order valence-corrected chi connectivity index (χ3v) is 6.89. The van der Waals surface area contributed by atoms with Crippen molar-refractivity contribution >= 4 is 34.4 Å². The maximum atomic E-state index is 13.3. The Bertz CT molecular complexity index is 1120. The fraction of sp³-hybridized carbons (Fsp3) is 0.519. The quantitative estimate of drug-likeness (QED) is 0.569. The molecule has 3 amide bonds. The Morgan fingerprint density at radius 3 is 2.33 bits per heavy atom. The van der Waals surface area contributed by atoms with Gasteiger partial charge >= 0.3 is 6.09 Å². The van der Waals surface area contributed by atoms with Crippen LogP contribution < -0.4 is 16.0 Å². The number of hydrogen-bond acceptors (Lipinski definition) is 7. The largest absolute Gasteiger partial charge is 0.444 e. The smallest absolute Gasteiger partial charge is 0.407 e. The van der Waals surface area contributed by atoms with Crippen molar-refractivity contribution < 1.29 is 19.1 Å². The van der Waals surface area contributed by atoms with Gasteiger partial charge in [0.05, 0.1) is 0 Å². The Balaban J connectivity index is 1.52. The second-order valence-corrected chi connectivity index (χ2v) is 10.4. The first-order valence-electron chi connectivity index (χ1n) is 12.7. The number of nitrogens with one attached hydrogen (secondary N) is 1. The lowest BCUT2D eigenvalue weighted by Crippen LogP contribution is -2.52. The van der Waals surface area contributed by atoms with Crippen LogP contribution in [0.15, 0.2) is 30.3 Å². The minimum Gasteiger partial charge on any atom is -0.444 e. The summed E-state index contributed by atoms with van der Waals surface area (Å²) < 4.78 is 5.23. The van der Waals surface area contributed by atoms with Crippen molar-refractivity contribution in [3.8, 4) is 0 Å². The normalized spacial score (nSPS) is 17.5. The molecule has 2 aromatic carbocycles. The maximum absolute atomic E-state index is 13.3. The predicted molar refractivity (Wildman–Crippen MR) is 140 cm³/mol. The molecule has 0 bridgehead atoms. The lowest BCUT2D eigenvalue weighted by Gasteiger charge is -2.40. The number of amides is 3. The molecule has 0 aromatic heterocycles. The summed E-state index contributed by atoms with van der Waals surface area (Å²) in [5, 5.41) is 4.24. The van der Waals surface area contributed by atoms with E-state index in [-0.39, 0.29) is 24.9 Å². The molecule has 9 nitrogen and oxygen atoms in total. The van der Waals surface area contributed by atoms with Gasteiger partial charge in [-0.25, -0.2) is 4.79 Å². The van der Waals surface area contributed by atoms with Crippen LogP contribution in [0.3, 0.4) is 0 Å². The highest BCUT2D eigenvalue weighted by Gasteiger charge is 2.34. The Morgan fingerprint density at radius 1 is 1.06 bits per heavy atom. The van der Waals surface area contributed by atoms with Crippen LogP contribution in [0.4, 0.5) is 10.5 Å². The lowest BCUT2D eigenvalue weighted by atomic mass is 9.92. The van der Waals surface area contributed by atoms with Crippen LogP contribution in [0.25, 0.3) is 10.8 Å². The molecule has 1 saturated heterocycles. The maximum Gasteiger partial charge on any atom is 0.407 e. The Labute approximate surface area is 212 Å². The van der Waals surface area contributed by atoms with Crippen molar-refractivity contribution in [1.29, 1.82) is 0 Å². The van der Waals surface area contributed by atoms with Gasteiger partial charge in [0, 0.05) is 79.4 Å². The summed E-state index contributed by atoms with van der Waals surface area (Å²) in [6, 6.07) is 9.83. The minimum absolute atomic E-state index is 0.0657. The van der Waals surface area contributed by atoms with Gasteiger partial charge in [-0.1, -0.05) is 19.1 Å². The van der Waals surface area contributed by atoms with Crippen molar-refractivity contribution in [2.45, 2.75) is 45.8 Å². The molecule has 1 fully saturated rings. The van der Waals surface area contributed by atoms with E-state index in [1.165, 1.54) is 4.90 Å². The number of imide groups is 1. The van der Waals surface area contributed by atoms with Crippen molar-refractivity contribution in [1.82, 2.24) is 15.1 Å². The highest BCUT2D eigenvalue weighted by Crippen LogP contribution is 2.36. The summed E-state index contributed by atoms with van der Waals surface area (Å²) in [5.74, 6) is -0.695. The molecule has 2 aliphatic rings. The lowest BCUT2D eigenvalue weighted by molar-refractivity contribution is 0.0496. The molecular formula is C27H37N5O4. The van der Waals surface area contributed by atoms with E-state index in [4.69, 9.17) is 10.5 Å². The number of ether oxygens (including phenoxy) is 1. The zero-order valence-corrected chi connectivity index (χ0v) is 21.7. The zero-order chi connectivity index (χ0) is 26.0. The summed E-state index contributed by atoms with van der Waals surface area (Å²) >= 11 is 0. The van der Waals surface area contributed by atoms with Gasteiger partial charge in [0.1, 0.15) is 5.60 Å². The van der Waals surface area contributed by atoms with E-state index < -0.39 is 11.7 Å². The van der Waals surface area contributed by atoms with Crippen LogP contribution in [0, 0.1) is 0 Å². The monoisotopic (exact) mass is 495 g/mol. The first-order chi connectivity index (χ1) is 17.1. The van der Waals surface area contributed by atoms with E-state index in [9.17, 15) is 14.4 Å². The van der Waals surface area contributed by atoms with Crippen LogP contribution in [-0.2, 0) is 4.74 Å². The van der Waals surface area contributed by atoms with Crippen molar-refractivity contribution in [3.05, 3.63) is 41.5 Å². The van der Waals surface area contributed by atoms with E-state index in [2.05, 4.69) is 22.0 Å². The molecule has 0 aliphatic carbocycles. The molecule has 4 rings (SSSR count). The fourth-order valence-corrected chi connectivity index (χ4v) is 5.10. The topological polar surface area (TPSA) is 108 Å². The Kier molecular flexibility index (Phi) is 7.51. The minimum atomic E-state index is -0.623. The number of benzene rings is 2. The highest BCUT2D eigenvalue weighted by atomic mass is 16.6. The number of nitrogens with zero attached hydrogens (tertiary/aromatic N) is 3. The zero-order valence-electron chi connectivity index (χ0n) is 21.7. The average Bonchev–Trinajstić information content (AvgIpc) is 2.84. The van der Waals surface area contributed by atoms with E-state index in [1.54, 1.807) is 26.8 Å². The number of carbonyl (C=O) groups is 3. The van der Waals surface area contributed by atoms with Gasteiger partial charge in [0.15, 0.2) is 0 Å². The molecule has 0 radical (unpaired) electrons. The first-order valence-corrected chi connectivity index (χ1v) is 12.7. The molecule has 1 atom stereocenters. The predicted octanol–water partition coefficient (Wildman–Crippen LogP) is 2.82. The van der Waals surface area contributed by atoms with Gasteiger partial charge in [0.25, 0.3) is 11.8 Å². The number of nitrogens with two attached hydrogens (primary N) is 1. The number of carbonyl (C=O) groups excluding carboxylic acids is 3. The Morgan fingerprint density at radius 2 is 1.72 bits per heavy atom. The summed E-state index contributed by atoms with van der Waals surface area (Å²) in [7, 11) is 0. The van der Waals surface area contributed by atoms with Gasteiger partial charge in [-0.05, 0) is 45.4 Å². The molecule has 1 unspecified atom stereocenters. The summed E-state index contributed by atoms with van der Waals surface area (Å²) in [6.45, 7) is 11.9. The third kappa shape index (κ3) is 5.17. The molecule has 9 heteroatoms. The van der Waals surface area contributed by atoms with Crippen molar-refractivity contribution in [2.24, 2.45) is 5.73 Å². The van der Waals surface area contributed by atoms with Gasteiger partial charge in [-0.2, -0.15) is 0 Å². The third-order valence-electron chi connectivity index (χ3n) is 6.89. The van der Waals surface area contributed by atoms with E-state index in [1.807, 2.05) is 24.3 Å². The van der Waals surface area contributed by atoms with Gasteiger partial charge in [-0.3, -0.25) is 19.4 Å². The van der Waals surface area contributed by atoms with Crippen LogP contribution in [-0.4, -0.2) is 85.2 Å². The first kappa shape index (κ1) is 25.9. The van der Waals surface area contributed by atoms with E-state index in [0.29, 0.717) is 29.1 Å². The van der Waals surface area contributed by atoms with Crippen LogP contribution >= 0.6 is 0 Å². The Hall–Kier alpha value is -3.17. The molecule has 194 valence electrons. The van der Waals surface area contributed by atoms with Crippen molar-refractivity contribution in [2.75, 3.05) is 50.7 Å². The molecular weight excluding hydrogens is 458 g/mol. The number of alkyl carbamates (subject to hydrolysis) is 1. The van der Waals surface area contributed by atoms with Crippen LogP contribution in [0.5, 0.6) is 0 Å². The molecule has 0 saturated carbocycles. The van der Waals surface area contributed by atoms with Crippen molar-refractivity contribution in [3.63, 3.8) is 0 Å². The molecule has 3 N–H and O–H groups in total. The second-order valence-electron chi connectivity index (χ2n) is 10.4. The number of anilines is 1. The molecule has 36 heavy (non-hydrogen) atoms. The number of rotatable bonds is 7. The molecule has 2 aliphatic heterocycles. The molecule has 0 spiro atoms.